The van der Waals surface area contributed by atoms with Crippen LogP contribution in [0.15, 0.2) is 30.3 Å². The molecule has 0 bridgehead atoms. The first-order chi connectivity index (χ1) is 8.70. The molecule has 0 saturated heterocycles. The predicted octanol–water partition coefficient (Wildman–Crippen LogP) is 1.97. The van der Waals surface area contributed by atoms with E-state index in [1.165, 1.54) is 0 Å². The molecule has 0 amide bonds. The van der Waals surface area contributed by atoms with Crippen molar-refractivity contribution in [3.05, 3.63) is 35.9 Å². The lowest BCUT2D eigenvalue weighted by molar-refractivity contribution is 0.142. The minimum Gasteiger partial charge on any atom is -0.392 e. The summed E-state index contributed by atoms with van der Waals surface area (Å²) >= 11 is 0. The van der Waals surface area contributed by atoms with Crippen LogP contribution in [0, 0.1) is 11.3 Å². The molecule has 1 fully saturated rings. The third-order valence-electron chi connectivity index (χ3n) is 3.84. The molecule has 1 aliphatic carbocycles. The summed E-state index contributed by atoms with van der Waals surface area (Å²) in [5, 5.41) is 22.2. The first kappa shape index (κ1) is 13.1. The second kappa shape index (κ2) is 5.51. The zero-order valence-corrected chi connectivity index (χ0v) is 10.8. The molecule has 0 heterocycles. The van der Waals surface area contributed by atoms with Crippen LogP contribution in [0.2, 0.25) is 0 Å². The molecule has 0 aromatic heterocycles. The van der Waals surface area contributed by atoms with Crippen LogP contribution in [0.25, 0.3) is 0 Å². The summed E-state index contributed by atoms with van der Waals surface area (Å²) in [5.41, 5.74) is 0.789. The van der Waals surface area contributed by atoms with E-state index in [1.807, 2.05) is 37.3 Å². The SMILES string of the molecule is CCC(O)CNC1CC(C#N)(c2ccccc2)C1. The molecule has 1 atom stereocenters. The standard InChI is InChI=1S/C15H20N2O/c1-2-14(18)10-17-13-8-15(9-13,11-16)12-6-4-3-5-7-12/h3-7,13-14,17-18H,2,8-10H2,1H3. The molecule has 0 aliphatic heterocycles. The van der Waals surface area contributed by atoms with Crippen molar-refractivity contribution in [3.8, 4) is 6.07 Å². The first-order valence-electron chi connectivity index (χ1n) is 6.58. The van der Waals surface area contributed by atoms with E-state index in [0.717, 1.165) is 24.8 Å². The van der Waals surface area contributed by atoms with Gasteiger partial charge in [-0.1, -0.05) is 37.3 Å². The van der Waals surface area contributed by atoms with Gasteiger partial charge in [0, 0.05) is 12.6 Å². The van der Waals surface area contributed by atoms with Crippen LogP contribution in [0.1, 0.15) is 31.7 Å². The molecular formula is C15H20N2O. The number of aliphatic hydroxyl groups excluding tert-OH is 1. The number of rotatable bonds is 5. The number of nitrogens with one attached hydrogen (secondary N) is 1. The molecule has 0 radical (unpaired) electrons. The number of aliphatic hydroxyl groups is 1. The molecule has 96 valence electrons. The van der Waals surface area contributed by atoms with Gasteiger partial charge in [0.2, 0.25) is 0 Å². The Hall–Kier alpha value is -1.37. The molecule has 18 heavy (non-hydrogen) atoms. The van der Waals surface area contributed by atoms with E-state index in [2.05, 4.69) is 11.4 Å². The minimum absolute atomic E-state index is 0.279. The molecule has 1 aromatic carbocycles. The molecule has 1 unspecified atom stereocenters. The first-order valence-corrected chi connectivity index (χ1v) is 6.58. The van der Waals surface area contributed by atoms with E-state index in [9.17, 15) is 10.4 Å². The molecule has 2 rings (SSSR count). The maximum atomic E-state index is 9.50. The number of hydrogen-bond donors (Lipinski definition) is 2. The monoisotopic (exact) mass is 244 g/mol. The predicted molar refractivity (Wildman–Crippen MR) is 71.1 cm³/mol. The van der Waals surface area contributed by atoms with Gasteiger partial charge >= 0.3 is 0 Å². The van der Waals surface area contributed by atoms with Crippen LogP contribution in [0.4, 0.5) is 0 Å². The Bertz CT molecular complexity index is 418. The molecule has 1 aliphatic rings. The number of nitrogens with zero attached hydrogens (tertiary/aromatic N) is 1. The van der Waals surface area contributed by atoms with E-state index in [0.29, 0.717) is 12.6 Å². The molecule has 1 aromatic rings. The molecular weight excluding hydrogens is 224 g/mol. The second-order valence-corrected chi connectivity index (χ2v) is 5.14. The van der Waals surface area contributed by atoms with Crippen LogP contribution < -0.4 is 5.32 Å². The summed E-state index contributed by atoms with van der Waals surface area (Å²) in [6, 6.07) is 12.8. The fourth-order valence-corrected chi connectivity index (χ4v) is 2.52. The van der Waals surface area contributed by atoms with E-state index >= 15 is 0 Å². The Kier molecular flexibility index (Phi) is 4.00. The van der Waals surface area contributed by atoms with Crippen molar-refractivity contribution in [3.63, 3.8) is 0 Å². The van der Waals surface area contributed by atoms with Crippen molar-refractivity contribution in [2.45, 2.75) is 43.7 Å². The smallest absolute Gasteiger partial charge is 0.0852 e. The highest BCUT2D eigenvalue weighted by molar-refractivity contribution is 5.36. The zero-order chi connectivity index (χ0) is 13.0. The Morgan fingerprint density at radius 2 is 2.11 bits per heavy atom. The van der Waals surface area contributed by atoms with Crippen molar-refractivity contribution in [1.29, 1.82) is 5.26 Å². The van der Waals surface area contributed by atoms with Crippen LogP contribution >= 0.6 is 0 Å². The van der Waals surface area contributed by atoms with Gasteiger partial charge in [-0.05, 0) is 24.8 Å². The Balaban J connectivity index is 1.91. The zero-order valence-electron chi connectivity index (χ0n) is 10.8. The van der Waals surface area contributed by atoms with Crippen molar-refractivity contribution < 1.29 is 5.11 Å². The van der Waals surface area contributed by atoms with Crippen LogP contribution in [-0.2, 0) is 5.41 Å². The average Bonchev–Trinajstić information content (AvgIpc) is 2.38. The van der Waals surface area contributed by atoms with Gasteiger partial charge in [-0.2, -0.15) is 5.26 Å². The third-order valence-corrected chi connectivity index (χ3v) is 3.84. The summed E-state index contributed by atoms with van der Waals surface area (Å²) in [4.78, 5) is 0. The summed E-state index contributed by atoms with van der Waals surface area (Å²) in [6.07, 6.45) is 2.16. The number of nitriles is 1. The highest BCUT2D eigenvalue weighted by Crippen LogP contribution is 2.43. The van der Waals surface area contributed by atoms with Crippen LogP contribution in [-0.4, -0.2) is 23.8 Å². The Morgan fingerprint density at radius 1 is 1.44 bits per heavy atom. The average molecular weight is 244 g/mol. The third kappa shape index (κ3) is 2.55. The summed E-state index contributed by atoms with van der Waals surface area (Å²) in [5.74, 6) is 0. The lowest BCUT2D eigenvalue weighted by Gasteiger charge is -2.43. The number of benzene rings is 1. The molecule has 3 nitrogen and oxygen atoms in total. The maximum absolute atomic E-state index is 9.50. The molecule has 0 spiro atoms. The second-order valence-electron chi connectivity index (χ2n) is 5.14. The summed E-state index contributed by atoms with van der Waals surface area (Å²) in [7, 11) is 0. The topological polar surface area (TPSA) is 56.0 Å². The minimum atomic E-state index is -0.323. The van der Waals surface area contributed by atoms with Crippen LogP contribution in [0.5, 0.6) is 0 Å². The highest BCUT2D eigenvalue weighted by atomic mass is 16.3. The van der Waals surface area contributed by atoms with E-state index in [4.69, 9.17) is 0 Å². The van der Waals surface area contributed by atoms with Gasteiger partial charge in [-0.3, -0.25) is 0 Å². The van der Waals surface area contributed by atoms with Crippen LogP contribution in [0.3, 0.4) is 0 Å². The van der Waals surface area contributed by atoms with Gasteiger partial charge in [0.05, 0.1) is 17.6 Å². The van der Waals surface area contributed by atoms with Gasteiger partial charge < -0.3 is 10.4 Å². The van der Waals surface area contributed by atoms with E-state index in [1.54, 1.807) is 0 Å². The van der Waals surface area contributed by atoms with Crippen molar-refractivity contribution in [2.24, 2.45) is 0 Å². The fraction of sp³-hybridized carbons (Fsp3) is 0.533. The lowest BCUT2D eigenvalue weighted by atomic mass is 9.62. The maximum Gasteiger partial charge on any atom is 0.0852 e. The van der Waals surface area contributed by atoms with Crippen molar-refractivity contribution >= 4 is 0 Å². The Morgan fingerprint density at radius 3 is 2.67 bits per heavy atom. The van der Waals surface area contributed by atoms with E-state index in [-0.39, 0.29) is 11.5 Å². The molecule has 1 saturated carbocycles. The molecule has 2 N–H and O–H groups in total. The lowest BCUT2D eigenvalue weighted by Crippen LogP contribution is -2.52. The fourth-order valence-electron chi connectivity index (χ4n) is 2.52. The summed E-state index contributed by atoms with van der Waals surface area (Å²) in [6.45, 7) is 2.59. The highest BCUT2D eigenvalue weighted by Gasteiger charge is 2.45. The van der Waals surface area contributed by atoms with Gasteiger partial charge in [0.15, 0.2) is 0 Å². The van der Waals surface area contributed by atoms with Crippen molar-refractivity contribution in [1.82, 2.24) is 5.32 Å². The molecule has 3 heteroatoms. The van der Waals surface area contributed by atoms with Gasteiger partial charge in [-0.25, -0.2) is 0 Å². The van der Waals surface area contributed by atoms with Gasteiger partial charge in [0.1, 0.15) is 0 Å². The van der Waals surface area contributed by atoms with Gasteiger partial charge in [0.25, 0.3) is 0 Å². The van der Waals surface area contributed by atoms with Crippen molar-refractivity contribution in [2.75, 3.05) is 6.54 Å². The number of hydrogen-bond acceptors (Lipinski definition) is 3. The summed E-state index contributed by atoms with van der Waals surface area (Å²) < 4.78 is 0. The van der Waals surface area contributed by atoms with E-state index < -0.39 is 0 Å². The Labute approximate surface area is 108 Å². The largest absolute Gasteiger partial charge is 0.392 e. The quantitative estimate of drug-likeness (QED) is 0.832. The van der Waals surface area contributed by atoms with Gasteiger partial charge in [-0.15, -0.1) is 0 Å². The normalized spacial score (nSPS) is 28.2.